The zero-order valence-corrected chi connectivity index (χ0v) is 20.4. The number of aromatic nitrogens is 2. The van der Waals surface area contributed by atoms with Gasteiger partial charge < -0.3 is 24.6 Å². The van der Waals surface area contributed by atoms with Crippen LogP contribution < -0.4 is 19.5 Å². The standard InChI is InChI=1S/C26H20F5N3O6/c27-25(28,29)19-8-20(38-13-23-10-24(11-23,12-23)22(36)37)34(33-19)16-3-1-2-15(7-16)21(35)32-9-14-4-5-17-18(6-14)40-26(30,31)39-17/h1-8H,9-13H2,(H,32,35)(H,36,37). The van der Waals surface area contributed by atoms with Gasteiger partial charge in [0, 0.05) is 23.6 Å². The van der Waals surface area contributed by atoms with Crippen molar-refractivity contribution in [2.45, 2.75) is 38.3 Å². The van der Waals surface area contributed by atoms with E-state index in [0.717, 1.165) is 10.7 Å². The number of hydrogen-bond donors (Lipinski definition) is 2. The number of rotatable bonds is 8. The van der Waals surface area contributed by atoms with E-state index >= 15 is 0 Å². The summed E-state index contributed by atoms with van der Waals surface area (Å²) in [7, 11) is 0. The van der Waals surface area contributed by atoms with Gasteiger partial charge in [-0.05, 0) is 55.2 Å². The van der Waals surface area contributed by atoms with Crippen molar-refractivity contribution in [1.82, 2.24) is 15.1 Å². The Morgan fingerprint density at radius 1 is 1.05 bits per heavy atom. The van der Waals surface area contributed by atoms with E-state index in [4.69, 9.17) is 4.74 Å². The van der Waals surface area contributed by atoms with Crippen LogP contribution >= 0.6 is 0 Å². The molecule has 4 aliphatic rings. The van der Waals surface area contributed by atoms with Crippen LogP contribution in [-0.2, 0) is 17.5 Å². The Balaban J connectivity index is 1.17. The molecule has 1 amide bonds. The fraction of sp³-hybridized carbons (Fsp3) is 0.346. The van der Waals surface area contributed by atoms with E-state index in [-0.39, 0.29) is 41.8 Å². The number of aliphatic carboxylic acids is 1. The summed E-state index contributed by atoms with van der Waals surface area (Å²) in [6.07, 6.45) is -7.33. The highest BCUT2D eigenvalue weighted by Crippen LogP contribution is 2.73. The molecular weight excluding hydrogens is 545 g/mol. The Hall–Kier alpha value is -4.36. The number of hydrogen-bond acceptors (Lipinski definition) is 6. The van der Waals surface area contributed by atoms with E-state index < -0.39 is 40.9 Å². The fourth-order valence-corrected chi connectivity index (χ4v) is 5.56. The van der Waals surface area contributed by atoms with Crippen molar-refractivity contribution >= 4 is 11.9 Å². The minimum absolute atomic E-state index is 0.0344. The molecule has 0 saturated heterocycles. The molecule has 3 aromatic rings. The fourth-order valence-electron chi connectivity index (χ4n) is 5.56. The summed E-state index contributed by atoms with van der Waals surface area (Å²) in [6, 6.07) is 10.5. The first-order chi connectivity index (χ1) is 18.8. The average Bonchev–Trinajstić information content (AvgIpc) is 3.40. The molecule has 210 valence electrons. The van der Waals surface area contributed by atoms with Crippen molar-refractivity contribution in [2.24, 2.45) is 10.8 Å². The lowest BCUT2D eigenvalue weighted by molar-refractivity contribution is -0.286. The molecule has 1 aliphatic heterocycles. The number of halogens is 5. The van der Waals surface area contributed by atoms with Gasteiger partial charge in [-0.2, -0.15) is 18.3 Å². The van der Waals surface area contributed by atoms with E-state index in [0.29, 0.717) is 24.8 Å². The number of carboxylic acids is 1. The third kappa shape index (κ3) is 4.46. The van der Waals surface area contributed by atoms with Crippen LogP contribution in [0.15, 0.2) is 48.5 Å². The molecule has 3 saturated carbocycles. The number of nitrogens with zero attached hydrogens (tertiary/aromatic N) is 2. The normalized spacial score (nSPS) is 23.6. The van der Waals surface area contributed by atoms with Gasteiger partial charge >= 0.3 is 18.4 Å². The summed E-state index contributed by atoms with van der Waals surface area (Å²) in [6.45, 7) is -0.0216. The smallest absolute Gasteiger partial charge is 0.481 e. The number of benzene rings is 2. The molecule has 40 heavy (non-hydrogen) atoms. The molecule has 2 aromatic carbocycles. The maximum Gasteiger partial charge on any atom is 0.586 e. The molecule has 0 unspecified atom stereocenters. The predicted molar refractivity (Wildman–Crippen MR) is 124 cm³/mol. The summed E-state index contributed by atoms with van der Waals surface area (Å²) in [5, 5.41) is 15.6. The van der Waals surface area contributed by atoms with Crippen LogP contribution in [0, 0.1) is 10.8 Å². The molecule has 2 heterocycles. The second kappa shape index (κ2) is 8.57. The summed E-state index contributed by atoms with van der Waals surface area (Å²) < 4.78 is 82.3. The number of carbonyl (C=O) groups is 2. The molecule has 7 rings (SSSR count). The lowest BCUT2D eigenvalue weighted by Crippen LogP contribution is -2.67. The number of alkyl halides is 5. The molecule has 3 aliphatic carbocycles. The SMILES string of the molecule is O=C(NCc1ccc2c(c1)OC(F)(F)O2)c1cccc(-n2nc(C(F)(F)F)cc2OCC23CC(C(=O)O)(C2)C3)c1. The lowest BCUT2D eigenvalue weighted by atomic mass is 9.35. The zero-order chi connectivity index (χ0) is 28.5. The number of nitrogens with one attached hydrogen (secondary N) is 1. The van der Waals surface area contributed by atoms with Crippen LogP contribution in [0.4, 0.5) is 22.0 Å². The first-order valence-electron chi connectivity index (χ1n) is 12.1. The maximum absolute atomic E-state index is 13.5. The Kier molecular flexibility index (Phi) is 5.55. The van der Waals surface area contributed by atoms with E-state index in [1.807, 2.05) is 0 Å². The summed E-state index contributed by atoms with van der Waals surface area (Å²) in [5.41, 5.74) is -1.66. The van der Waals surface area contributed by atoms with Crippen molar-refractivity contribution in [2.75, 3.05) is 6.61 Å². The molecule has 2 N–H and O–H groups in total. The molecule has 3 fully saturated rings. The van der Waals surface area contributed by atoms with Crippen molar-refractivity contribution < 1.29 is 50.9 Å². The first kappa shape index (κ1) is 25.9. The van der Waals surface area contributed by atoms with Crippen LogP contribution in [-0.4, -0.2) is 39.7 Å². The summed E-state index contributed by atoms with van der Waals surface area (Å²) in [4.78, 5) is 24.1. The highest BCUT2D eigenvalue weighted by Gasteiger charge is 2.72. The molecule has 14 heteroatoms. The monoisotopic (exact) mass is 565 g/mol. The second-order valence-electron chi connectivity index (χ2n) is 10.4. The summed E-state index contributed by atoms with van der Waals surface area (Å²) in [5.74, 6) is -1.98. The van der Waals surface area contributed by atoms with Gasteiger partial charge in [0.05, 0.1) is 17.7 Å². The van der Waals surface area contributed by atoms with Crippen LogP contribution in [0.1, 0.15) is 40.9 Å². The average molecular weight is 565 g/mol. The van der Waals surface area contributed by atoms with Crippen molar-refractivity contribution in [3.05, 3.63) is 65.4 Å². The lowest BCUT2D eigenvalue weighted by Gasteiger charge is -2.67. The predicted octanol–water partition coefficient (Wildman–Crippen LogP) is 4.78. The van der Waals surface area contributed by atoms with Crippen molar-refractivity contribution in [3.63, 3.8) is 0 Å². The molecular formula is C26H20F5N3O6. The minimum Gasteiger partial charge on any atom is -0.481 e. The molecule has 0 radical (unpaired) electrons. The molecule has 9 nitrogen and oxygen atoms in total. The Morgan fingerprint density at radius 2 is 1.77 bits per heavy atom. The van der Waals surface area contributed by atoms with Gasteiger partial charge in [-0.3, -0.25) is 9.59 Å². The Bertz CT molecular complexity index is 1520. The highest BCUT2D eigenvalue weighted by atomic mass is 19.4. The van der Waals surface area contributed by atoms with Gasteiger partial charge in [0.2, 0.25) is 5.88 Å². The topological polar surface area (TPSA) is 112 Å². The van der Waals surface area contributed by atoms with Crippen LogP contribution in [0.25, 0.3) is 5.69 Å². The van der Waals surface area contributed by atoms with Crippen LogP contribution in [0.2, 0.25) is 0 Å². The van der Waals surface area contributed by atoms with Gasteiger partial charge in [-0.15, -0.1) is 8.78 Å². The van der Waals surface area contributed by atoms with Gasteiger partial charge in [-0.1, -0.05) is 12.1 Å². The highest BCUT2D eigenvalue weighted by molar-refractivity contribution is 5.94. The molecule has 0 spiro atoms. The third-order valence-corrected chi connectivity index (χ3v) is 7.36. The number of fused-ring (bicyclic) bond motifs is 1. The third-order valence-electron chi connectivity index (χ3n) is 7.36. The van der Waals surface area contributed by atoms with Crippen molar-refractivity contribution in [3.8, 4) is 23.1 Å². The van der Waals surface area contributed by atoms with Crippen LogP contribution in [0.3, 0.4) is 0 Å². The molecule has 2 bridgehead atoms. The van der Waals surface area contributed by atoms with Crippen LogP contribution in [0.5, 0.6) is 17.4 Å². The van der Waals surface area contributed by atoms with E-state index in [9.17, 15) is 36.6 Å². The van der Waals surface area contributed by atoms with Gasteiger partial charge in [0.1, 0.15) is 0 Å². The van der Waals surface area contributed by atoms with Gasteiger partial charge in [0.15, 0.2) is 17.2 Å². The van der Waals surface area contributed by atoms with E-state index in [1.54, 1.807) is 0 Å². The van der Waals surface area contributed by atoms with E-state index in [2.05, 4.69) is 19.9 Å². The minimum atomic E-state index is -4.75. The summed E-state index contributed by atoms with van der Waals surface area (Å²) >= 11 is 0. The Labute approximate surface area is 222 Å². The zero-order valence-electron chi connectivity index (χ0n) is 20.4. The maximum atomic E-state index is 13.5. The van der Waals surface area contributed by atoms with Crippen molar-refractivity contribution in [1.29, 1.82) is 0 Å². The quantitative estimate of drug-likeness (QED) is 0.379. The number of amides is 1. The molecule has 0 atom stereocenters. The van der Waals surface area contributed by atoms with Gasteiger partial charge in [-0.25, -0.2) is 4.68 Å². The van der Waals surface area contributed by atoms with E-state index in [1.165, 1.54) is 42.5 Å². The number of carbonyl (C=O) groups excluding carboxylic acids is 1. The second-order valence-corrected chi connectivity index (χ2v) is 10.4. The number of carboxylic acid groups (broad SMARTS) is 1. The van der Waals surface area contributed by atoms with Gasteiger partial charge in [0.25, 0.3) is 5.91 Å². The Morgan fingerprint density at radius 3 is 2.48 bits per heavy atom. The largest absolute Gasteiger partial charge is 0.586 e. The number of ether oxygens (including phenoxy) is 3. The first-order valence-corrected chi connectivity index (χ1v) is 12.1. The molecule has 1 aromatic heterocycles.